The van der Waals surface area contributed by atoms with E-state index in [9.17, 15) is 14.7 Å². The fourth-order valence-corrected chi connectivity index (χ4v) is 3.85. The zero-order valence-corrected chi connectivity index (χ0v) is 26.6. The third-order valence-electron chi connectivity index (χ3n) is 5.88. The van der Waals surface area contributed by atoms with Crippen LogP contribution in [0, 0.1) is 0 Å². The summed E-state index contributed by atoms with van der Waals surface area (Å²) in [7, 11) is 0. The molecular weight excluding hydrogens is 524 g/mol. The fourth-order valence-electron chi connectivity index (χ4n) is 3.85. The molecule has 2 rings (SSSR count). The van der Waals surface area contributed by atoms with E-state index in [0.29, 0.717) is 6.61 Å². The van der Waals surface area contributed by atoms with Gasteiger partial charge in [-0.3, -0.25) is 4.79 Å². The van der Waals surface area contributed by atoms with E-state index >= 15 is 0 Å². The van der Waals surface area contributed by atoms with Gasteiger partial charge in [-0.2, -0.15) is 0 Å². The van der Waals surface area contributed by atoms with Gasteiger partial charge in [-0.25, -0.2) is 4.79 Å². The summed E-state index contributed by atoms with van der Waals surface area (Å²) in [5.41, 5.74) is 1.72. The third-order valence-corrected chi connectivity index (χ3v) is 5.88. The molecule has 0 saturated carbocycles. The van der Waals surface area contributed by atoms with E-state index in [0.717, 1.165) is 53.5 Å². The van der Waals surface area contributed by atoms with Crippen LogP contribution in [0.4, 0.5) is 0 Å². The highest BCUT2D eigenvalue weighted by Gasteiger charge is 2.20. The van der Waals surface area contributed by atoms with Crippen molar-refractivity contribution < 1.29 is 19.4 Å². The van der Waals surface area contributed by atoms with E-state index in [1.54, 1.807) is 12.3 Å². The minimum atomic E-state index is -1.04. The minimum Gasteiger partial charge on any atom is -0.494 e. The Bertz CT molecular complexity index is 1180. The summed E-state index contributed by atoms with van der Waals surface area (Å²) in [5, 5.41) is 14.2. The minimum absolute atomic E-state index is 0.111. The van der Waals surface area contributed by atoms with E-state index < -0.39 is 12.0 Å². The molecule has 2 N–H and O–H groups in total. The highest BCUT2D eigenvalue weighted by atomic mass is 16.5. The van der Waals surface area contributed by atoms with Crippen LogP contribution >= 0.6 is 0 Å². The second kappa shape index (κ2) is 23.6. The molecule has 0 aliphatic rings. The highest BCUT2D eigenvalue weighted by Crippen LogP contribution is 2.23. The second-order valence-corrected chi connectivity index (χ2v) is 9.09. The molecule has 0 bridgehead atoms. The largest absolute Gasteiger partial charge is 0.494 e. The van der Waals surface area contributed by atoms with Gasteiger partial charge in [-0.15, -0.1) is 0 Å². The summed E-state index contributed by atoms with van der Waals surface area (Å²) < 4.78 is 5.93. The van der Waals surface area contributed by atoms with Crippen molar-refractivity contribution in [3.05, 3.63) is 103 Å². The highest BCUT2D eigenvalue weighted by molar-refractivity contribution is 5.88. The molecular formula is C36H52N2O4. The number of benzene rings is 2. The fraction of sp³-hybridized carbons (Fsp3) is 0.389. The van der Waals surface area contributed by atoms with Crippen LogP contribution in [0.15, 0.2) is 97.9 Å². The Morgan fingerprint density at radius 2 is 1.71 bits per heavy atom. The first-order valence-corrected chi connectivity index (χ1v) is 15.0. The number of hydrogen-bond donors (Lipinski definition) is 2. The average Bonchev–Trinajstić information content (AvgIpc) is 3.00. The molecule has 42 heavy (non-hydrogen) atoms. The van der Waals surface area contributed by atoms with Crippen LogP contribution < -0.4 is 10.1 Å². The molecule has 0 radical (unpaired) electrons. The number of carbonyl (C=O) groups excluding carboxylic acids is 1. The number of carboxylic acids is 1. The van der Waals surface area contributed by atoms with Crippen molar-refractivity contribution in [3.8, 4) is 5.75 Å². The zero-order chi connectivity index (χ0) is 31.8. The predicted octanol–water partition coefficient (Wildman–Crippen LogP) is 8.61. The van der Waals surface area contributed by atoms with Gasteiger partial charge in [0.1, 0.15) is 11.8 Å². The van der Waals surface area contributed by atoms with Gasteiger partial charge >= 0.3 is 5.97 Å². The van der Waals surface area contributed by atoms with Crippen molar-refractivity contribution in [1.82, 2.24) is 10.2 Å². The molecule has 0 aromatic heterocycles. The molecule has 0 saturated heterocycles. The summed E-state index contributed by atoms with van der Waals surface area (Å²) >= 11 is 0. The number of carbonyl (C=O) groups is 2. The van der Waals surface area contributed by atoms with Gasteiger partial charge in [0.2, 0.25) is 5.91 Å². The number of nitrogens with zero attached hydrogens (tertiary/aromatic N) is 1. The molecule has 6 nitrogen and oxygen atoms in total. The van der Waals surface area contributed by atoms with Gasteiger partial charge in [-0.1, -0.05) is 102 Å². The van der Waals surface area contributed by atoms with Crippen LogP contribution in [0.5, 0.6) is 5.75 Å². The molecule has 0 aliphatic carbocycles. The normalized spacial score (nSPS) is 11.6. The monoisotopic (exact) mass is 576 g/mol. The van der Waals surface area contributed by atoms with Gasteiger partial charge in [0.15, 0.2) is 0 Å². The SMILES string of the molecule is C=C/C=C\N(C=C)CCCCOc1ccc2cc(CC(=O)NC(C/C(C)=C/C=C\CC)C(=O)O)ccc2c1.CC.CC. The summed E-state index contributed by atoms with van der Waals surface area (Å²) in [6.45, 7) is 20.9. The number of nitrogens with one attached hydrogen (secondary N) is 1. The molecule has 1 atom stereocenters. The summed E-state index contributed by atoms with van der Waals surface area (Å²) in [6.07, 6.45) is 16.3. The van der Waals surface area contributed by atoms with E-state index in [4.69, 9.17) is 4.74 Å². The van der Waals surface area contributed by atoms with Crippen LogP contribution in [0.1, 0.15) is 72.8 Å². The Morgan fingerprint density at radius 3 is 2.36 bits per heavy atom. The van der Waals surface area contributed by atoms with Crippen LogP contribution in [0.25, 0.3) is 10.8 Å². The Hall–Kier alpha value is -4.06. The standard InChI is InChI=1S/C32H40N2O4.2C2H6/c1-5-8-10-13-25(4)21-30(32(36)37)33-31(35)23-26-14-15-28-24-29(17-16-27(28)22-26)38-20-12-11-19-34(7-3)18-9-6-2;2*1-2/h6-10,13-18,22,24,30H,2-3,5,11-12,19-21,23H2,1,4H3,(H,33,35)(H,36,37);2*1-2H3/b10-8-,18-9-,25-13+;;. The van der Waals surface area contributed by atoms with E-state index in [-0.39, 0.29) is 18.7 Å². The number of ether oxygens (including phenoxy) is 1. The Kier molecular flexibility index (Phi) is 21.3. The molecule has 2 aromatic carbocycles. The smallest absolute Gasteiger partial charge is 0.326 e. The first-order chi connectivity index (χ1) is 20.4. The van der Waals surface area contributed by atoms with Gasteiger partial charge in [0.05, 0.1) is 13.0 Å². The average molecular weight is 577 g/mol. The third kappa shape index (κ3) is 15.7. The van der Waals surface area contributed by atoms with E-state index in [1.807, 2.05) is 113 Å². The zero-order valence-electron chi connectivity index (χ0n) is 26.6. The first kappa shape index (κ1) is 37.9. The Morgan fingerprint density at radius 1 is 1.02 bits per heavy atom. The molecule has 230 valence electrons. The Balaban J connectivity index is 0.00000402. The van der Waals surface area contributed by atoms with Gasteiger partial charge in [-0.05, 0) is 73.4 Å². The maximum absolute atomic E-state index is 12.6. The van der Waals surface area contributed by atoms with Crippen LogP contribution in [-0.2, 0) is 16.0 Å². The quantitative estimate of drug-likeness (QED) is 0.146. The maximum atomic E-state index is 12.6. The van der Waals surface area contributed by atoms with Crippen LogP contribution in [-0.4, -0.2) is 41.1 Å². The van der Waals surface area contributed by atoms with Crippen molar-refractivity contribution in [3.63, 3.8) is 0 Å². The molecule has 1 unspecified atom stereocenters. The number of hydrogen-bond acceptors (Lipinski definition) is 4. The van der Waals surface area contributed by atoms with Crippen molar-refractivity contribution in [2.75, 3.05) is 13.2 Å². The summed E-state index contributed by atoms with van der Waals surface area (Å²) in [6, 6.07) is 10.7. The van der Waals surface area contributed by atoms with Crippen LogP contribution in [0.2, 0.25) is 0 Å². The lowest BCUT2D eigenvalue weighted by Gasteiger charge is -2.15. The number of aliphatic carboxylic acids is 1. The molecule has 6 heteroatoms. The topological polar surface area (TPSA) is 78.9 Å². The number of amides is 1. The lowest BCUT2D eigenvalue weighted by molar-refractivity contribution is -0.141. The molecule has 2 aromatic rings. The lowest BCUT2D eigenvalue weighted by Crippen LogP contribution is -2.41. The maximum Gasteiger partial charge on any atom is 0.326 e. The predicted molar refractivity (Wildman–Crippen MR) is 179 cm³/mol. The summed E-state index contributed by atoms with van der Waals surface area (Å²) in [4.78, 5) is 26.3. The molecule has 0 heterocycles. The number of unbranched alkanes of at least 4 members (excludes halogenated alkanes) is 1. The van der Waals surface area contributed by atoms with Crippen LogP contribution in [0.3, 0.4) is 0 Å². The molecule has 0 spiro atoms. The Labute approximate surface area is 254 Å². The van der Waals surface area contributed by atoms with E-state index in [1.165, 1.54) is 0 Å². The van der Waals surface area contributed by atoms with Crippen molar-refractivity contribution in [1.29, 1.82) is 0 Å². The summed E-state index contributed by atoms with van der Waals surface area (Å²) in [5.74, 6) is -0.556. The van der Waals surface area contributed by atoms with Gasteiger partial charge in [0.25, 0.3) is 0 Å². The first-order valence-electron chi connectivity index (χ1n) is 15.0. The second-order valence-electron chi connectivity index (χ2n) is 9.09. The number of rotatable bonds is 17. The molecule has 0 aliphatic heterocycles. The van der Waals surface area contributed by atoms with Crippen molar-refractivity contribution in [2.24, 2.45) is 0 Å². The lowest BCUT2D eigenvalue weighted by atomic mass is 10.0. The number of carboxylic acid groups (broad SMARTS) is 1. The van der Waals surface area contributed by atoms with Crippen molar-refractivity contribution >= 4 is 22.6 Å². The van der Waals surface area contributed by atoms with Crippen molar-refractivity contribution in [2.45, 2.75) is 79.7 Å². The molecule has 0 fully saturated rings. The van der Waals surface area contributed by atoms with Gasteiger partial charge in [0, 0.05) is 12.7 Å². The number of allylic oxidation sites excluding steroid dienone is 5. The van der Waals surface area contributed by atoms with Gasteiger partial charge < -0.3 is 20.1 Å². The molecule has 1 amide bonds. The van der Waals surface area contributed by atoms with E-state index in [2.05, 4.69) is 18.5 Å². The number of fused-ring (bicyclic) bond motifs is 1.